The van der Waals surface area contributed by atoms with Crippen LogP contribution in [-0.4, -0.2) is 26.4 Å². The monoisotopic (exact) mass is 209 g/mol. The molecular formula is C12H19NO2. The van der Waals surface area contributed by atoms with Crippen LogP contribution in [0.25, 0.3) is 0 Å². The maximum atomic E-state index is 5.77. The van der Waals surface area contributed by atoms with E-state index in [-0.39, 0.29) is 6.04 Å². The smallest absolute Gasteiger partial charge is 0.122 e. The molecule has 84 valence electrons. The molecule has 0 fully saturated rings. The number of hydrogen-bond donors (Lipinski definition) is 1. The van der Waals surface area contributed by atoms with E-state index in [4.69, 9.17) is 15.2 Å². The van der Waals surface area contributed by atoms with Crippen molar-refractivity contribution >= 4 is 0 Å². The average molecular weight is 209 g/mol. The highest BCUT2D eigenvalue weighted by atomic mass is 16.5. The molecule has 0 radical (unpaired) electrons. The molecule has 15 heavy (non-hydrogen) atoms. The topological polar surface area (TPSA) is 44.5 Å². The summed E-state index contributed by atoms with van der Waals surface area (Å²) in [6, 6.07) is 5.94. The first kappa shape index (κ1) is 12.0. The fraction of sp³-hybridized carbons (Fsp3) is 0.500. The summed E-state index contributed by atoms with van der Waals surface area (Å²) >= 11 is 0. The van der Waals surface area contributed by atoms with Crippen LogP contribution in [0.5, 0.6) is 5.75 Å². The van der Waals surface area contributed by atoms with Gasteiger partial charge in [0.2, 0.25) is 0 Å². The third-order valence-corrected chi connectivity index (χ3v) is 2.39. The molecule has 0 aromatic heterocycles. The Balaban J connectivity index is 2.54. The van der Waals surface area contributed by atoms with E-state index >= 15 is 0 Å². The van der Waals surface area contributed by atoms with Gasteiger partial charge in [0.25, 0.3) is 0 Å². The fourth-order valence-electron chi connectivity index (χ4n) is 1.34. The van der Waals surface area contributed by atoms with Gasteiger partial charge in [-0.05, 0) is 31.0 Å². The molecule has 0 saturated carbocycles. The van der Waals surface area contributed by atoms with Crippen LogP contribution in [0, 0.1) is 13.8 Å². The van der Waals surface area contributed by atoms with Gasteiger partial charge in [-0.1, -0.05) is 12.1 Å². The summed E-state index contributed by atoms with van der Waals surface area (Å²) in [6.45, 7) is 5.12. The molecule has 3 heteroatoms. The minimum Gasteiger partial charge on any atom is -0.492 e. The molecule has 0 aliphatic heterocycles. The zero-order chi connectivity index (χ0) is 11.3. The van der Waals surface area contributed by atoms with Crippen molar-refractivity contribution in [2.45, 2.75) is 19.9 Å². The molecule has 2 N–H and O–H groups in total. The number of ether oxygens (including phenoxy) is 2. The van der Waals surface area contributed by atoms with Crippen LogP contribution in [0.2, 0.25) is 0 Å². The Bertz CT molecular complexity index is 312. The van der Waals surface area contributed by atoms with Crippen LogP contribution in [-0.2, 0) is 4.74 Å². The number of benzene rings is 1. The number of rotatable bonds is 5. The van der Waals surface area contributed by atoms with Gasteiger partial charge in [0, 0.05) is 7.11 Å². The number of nitrogens with two attached hydrogens (primary N) is 1. The third kappa shape index (κ3) is 3.53. The summed E-state index contributed by atoms with van der Waals surface area (Å²) in [5.41, 5.74) is 8.17. The van der Waals surface area contributed by atoms with E-state index in [0.29, 0.717) is 13.2 Å². The van der Waals surface area contributed by atoms with Gasteiger partial charge in [-0.2, -0.15) is 0 Å². The maximum absolute atomic E-state index is 5.77. The zero-order valence-corrected chi connectivity index (χ0v) is 9.62. The molecule has 0 heterocycles. The maximum Gasteiger partial charge on any atom is 0.122 e. The Morgan fingerprint density at radius 1 is 1.27 bits per heavy atom. The normalized spacial score (nSPS) is 12.5. The van der Waals surface area contributed by atoms with Crippen LogP contribution in [0.4, 0.5) is 0 Å². The Kier molecular flexibility index (Phi) is 4.59. The molecule has 1 unspecified atom stereocenters. The molecule has 1 rings (SSSR count). The standard InChI is InChI=1S/C12H19NO2/c1-9-5-4-6-12(10(9)2)15-8-11(13)7-14-3/h4-6,11H,7-8,13H2,1-3H3. The van der Waals surface area contributed by atoms with Gasteiger partial charge in [0.05, 0.1) is 12.6 Å². The molecule has 1 aromatic rings. The first-order valence-corrected chi connectivity index (χ1v) is 5.08. The summed E-state index contributed by atoms with van der Waals surface area (Å²) in [6.07, 6.45) is 0. The van der Waals surface area contributed by atoms with E-state index in [1.807, 2.05) is 19.1 Å². The second kappa shape index (κ2) is 5.73. The van der Waals surface area contributed by atoms with Crippen LogP contribution in [0.3, 0.4) is 0 Å². The van der Waals surface area contributed by atoms with E-state index in [2.05, 4.69) is 13.0 Å². The fourth-order valence-corrected chi connectivity index (χ4v) is 1.34. The zero-order valence-electron chi connectivity index (χ0n) is 9.62. The number of methoxy groups -OCH3 is 1. The Morgan fingerprint density at radius 2 is 2.00 bits per heavy atom. The van der Waals surface area contributed by atoms with Crippen LogP contribution in [0.1, 0.15) is 11.1 Å². The molecule has 0 spiro atoms. The Morgan fingerprint density at radius 3 is 2.67 bits per heavy atom. The lowest BCUT2D eigenvalue weighted by atomic mass is 10.1. The molecule has 0 amide bonds. The van der Waals surface area contributed by atoms with Crippen molar-refractivity contribution < 1.29 is 9.47 Å². The minimum atomic E-state index is -0.0742. The second-order valence-electron chi connectivity index (χ2n) is 3.72. The highest BCUT2D eigenvalue weighted by molar-refractivity contribution is 5.38. The largest absolute Gasteiger partial charge is 0.492 e. The lowest BCUT2D eigenvalue weighted by molar-refractivity contribution is 0.152. The van der Waals surface area contributed by atoms with Crippen molar-refractivity contribution in [2.24, 2.45) is 5.73 Å². The third-order valence-electron chi connectivity index (χ3n) is 2.39. The predicted octanol–water partition coefficient (Wildman–Crippen LogP) is 1.66. The van der Waals surface area contributed by atoms with Crippen LogP contribution >= 0.6 is 0 Å². The SMILES string of the molecule is COCC(N)COc1cccc(C)c1C. The van der Waals surface area contributed by atoms with Crippen molar-refractivity contribution in [3.8, 4) is 5.75 Å². The summed E-state index contributed by atoms with van der Waals surface area (Å²) in [4.78, 5) is 0. The lowest BCUT2D eigenvalue weighted by Crippen LogP contribution is -2.32. The van der Waals surface area contributed by atoms with Gasteiger partial charge in [0.15, 0.2) is 0 Å². The van der Waals surface area contributed by atoms with E-state index in [1.165, 1.54) is 11.1 Å². The molecule has 1 aromatic carbocycles. The summed E-state index contributed by atoms with van der Waals surface area (Å²) < 4.78 is 10.6. The van der Waals surface area contributed by atoms with Gasteiger partial charge in [0.1, 0.15) is 12.4 Å². The molecule has 1 atom stereocenters. The molecule has 0 bridgehead atoms. The Labute approximate surface area is 91.2 Å². The average Bonchev–Trinajstić information content (AvgIpc) is 2.21. The van der Waals surface area contributed by atoms with Gasteiger partial charge in [-0.15, -0.1) is 0 Å². The van der Waals surface area contributed by atoms with Crippen molar-refractivity contribution in [2.75, 3.05) is 20.3 Å². The highest BCUT2D eigenvalue weighted by Gasteiger charge is 2.05. The van der Waals surface area contributed by atoms with Crippen molar-refractivity contribution in [1.82, 2.24) is 0 Å². The highest BCUT2D eigenvalue weighted by Crippen LogP contribution is 2.20. The van der Waals surface area contributed by atoms with Gasteiger partial charge >= 0.3 is 0 Å². The van der Waals surface area contributed by atoms with Crippen molar-refractivity contribution in [1.29, 1.82) is 0 Å². The number of aryl methyl sites for hydroxylation is 1. The van der Waals surface area contributed by atoms with E-state index in [0.717, 1.165) is 5.75 Å². The van der Waals surface area contributed by atoms with Gasteiger partial charge in [-0.3, -0.25) is 0 Å². The van der Waals surface area contributed by atoms with Crippen LogP contribution < -0.4 is 10.5 Å². The first-order chi connectivity index (χ1) is 7.15. The van der Waals surface area contributed by atoms with Crippen LogP contribution in [0.15, 0.2) is 18.2 Å². The molecule has 0 saturated heterocycles. The second-order valence-corrected chi connectivity index (χ2v) is 3.72. The van der Waals surface area contributed by atoms with E-state index in [9.17, 15) is 0 Å². The molecule has 0 aliphatic carbocycles. The number of hydrogen-bond acceptors (Lipinski definition) is 3. The molecular weight excluding hydrogens is 190 g/mol. The van der Waals surface area contributed by atoms with E-state index in [1.54, 1.807) is 7.11 Å². The Hall–Kier alpha value is -1.06. The summed E-state index contributed by atoms with van der Waals surface area (Å²) in [5, 5.41) is 0. The van der Waals surface area contributed by atoms with Crippen molar-refractivity contribution in [3.63, 3.8) is 0 Å². The van der Waals surface area contributed by atoms with Gasteiger partial charge in [-0.25, -0.2) is 0 Å². The lowest BCUT2D eigenvalue weighted by Gasteiger charge is -2.14. The molecule has 3 nitrogen and oxygen atoms in total. The van der Waals surface area contributed by atoms with Gasteiger partial charge < -0.3 is 15.2 Å². The van der Waals surface area contributed by atoms with E-state index < -0.39 is 0 Å². The minimum absolute atomic E-state index is 0.0742. The predicted molar refractivity (Wildman–Crippen MR) is 61.3 cm³/mol. The summed E-state index contributed by atoms with van der Waals surface area (Å²) in [7, 11) is 1.64. The molecule has 0 aliphatic rings. The summed E-state index contributed by atoms with van der Waals surface area (Å²) in [5.74, 6) is 0.904. The van der Waals surface area contributed by atoms with Crippen molar-refractivity contribution in [3.05, 3.63) is 29.3 Å². The quantitative estimate of drug-likeness (QED) is 0.802. The first-order valence-electron chi connectivity index (χ1n) is 5.08.